The lowest BCUT2D eigenvalue weighted by Crippen LogP contribution is -2.35. The SMILES string of the molecule is O=C(Cn1nnc(-c2ccco2)n1)NCC(O)C1CC1. The Morgan fingerprint density at radius 2 is 2.45 bits per heavy atom. The zero-order chi connectivity index (χ0) is 13.9. The molecule has 2 aromatic rings. The molecule has 8 heteroatoms. The van der Waals surface area contributed by atoms with Crippen molar-refractivity contribution in [1.29, 1.82) is 0 Å². The van der Waals surface area contributed by atoms with Crippen LogP contribution in [0.3, 0.4) is 0 Å². The van der Waals surface area contributed by atoms with Crippen molar-refractivity contribution in [3.63, 3.8) is 0 Å². The molecule has 1 aliphatic carbocycles. The standard InChI is InChI=1S/C12H15N5O3/c18-9(8-3-4-8)6-13-11(19)7-17-15-12(14-16-17)10-2-1-5-20-10/h1-2,5,8-9,18H,3-4,6-7H2,(H,13,19). The highest BCUT2D eigenvalue weighted by Gasteiger charge is 2.29. The zero-order valence-corrected chi connectivity index (χ0v) is 10.8. The molecule has 20 heavy (non-hydrogen) atoms. The zero-order valence-electron chi connectivity index (χ0n) is 10.8. The third-order valence-electron chi connectivity index (χ3n) is 3.15. The average Bonchev–Trinajstić information content (AvgIpc) is 2.96. The van der Waals surface area contributed by atoms with E-state index in [0.717, 1.165) is 12.8 Å². The molecule has 1 saturated carbocycles. The summed E-state index contributed by atoms with van der Waals surface area (Å²) in [4.78, 5) is 12.9. The summed E-state index contributed by atoms with van der Waals surface area (Å²) in [6, 6.07) is 3.44. The second kappa shape index (κ2) is 5.41. The minimum atomic E-state index is -0.457. The lowest BCUT2D eigenvalue weighted by molar-refractivity contribution is -0.122. The molecule has 2 aromatic heterocycles. The van der Waals surface area contributed by atoms with E-state index in [2.05, 4.69) is 20.7 Å². The van der Waals surface area contributed by atoms with Gasteiger partial charge in [-0.2, -0.15) is 4.80 Å². The molecular weight excluding hydrogens is 262 g/mol. The third kappa shape index (κ3) is 3.02. The summed E-state index contributed by atoms with van der Waals surface area (Å²) in [5.41, 5.74) is 0. The Balaban J connectivity index is 1.51. The molecule has 2 heterocycles. The first-order valence-corrected chi connectivity index (χ1v) is 6.49. The third-order valence-corrected chi connectivity index (χ3v) is 3.15. The van der Waals surface area contributed by atoms with Crippen molar-refractivity contribution in [2.75, 3.05) is 6.54 Å². The second-order valence-electron chi connectivity index (χ2n) is 4.83. The minimum Gasteiger partial charge on any atom is -0.461 e. The number of nitrogens with one attached hydrogen (secondary N) is 1. The second-order valence-corrected chi connectivity index (χ2v) is 4.83. The number of tetrazole rings is 1. The summed E-state index contributed by atoms with van der Waals surface area (Å²) in [5.74, 6) is 0.917. The summed E-state index contributed by atoms with van der Waals surface area (Å²) in [5, 5.41) is 23.9. The number of carbonyl (C=O) groups is 1. The molecule has 2 N–H and O–H groups in total. The van der Waals surface area contributed by atoms with Crippen LogP contribution in [0.1, 0.15) is 12.8 Å². The van der Waals surface area contributed by atoms with E-state index in [1.807, 2.05) is 0 Å². The van der Waals surface area contributed by atoms with Gasteiger partial charge in [0.25, 0.3) is 0 Å². The summed E-state index contributed by atoms with van der Waals surface area (Å²) >= 11 is 0. The number of nitrogens with zero attached hydrogens (tertiary/aromatic N) is 4. The molecule has 0 saturated heterocycles. The van der Waals surface area contributed by atoms with E-state index in [1.165, 1.54) is 11.1 Å². The predicted molar refractivity (Wildman–Crippen MR) is 67.3 cm³/mol. The van der Waals surface area contributed by atoms with E-state index in [1.54, 1.807) is 12.1 Å². The highest BCUT2D eigenvalue weighted by atomic mass is 16.3. The molecule has 0 spiro atoms. The number of amides is 1. The fraction of sp³-hybridized carbons (Fsp3) is 0.500. The topological polar surface area (TPSA) is 106 Å². The molecule has 0 aromatic carbocycles. The monoisotopic (exact) mass is 277 g/mol. The van der Waals surface area contributed by atoms with Crippen molar-refractivity contribution in [3.8, 4) is 11.6 Å². The number of hydrogen-bond acceptors (Lipinski definition) is 6. The molecule has 3 rings (SSSR count). The van der Waals surface area contributed by atoms with E-state index in [0.29, 0.717) is 17.5 Å². The fourth-order valence-corrected chi connectivity index (χ4v) is 1.87. The summed E-state index contributed by atoms with van der Waals surface area (Å²) < 4.78 is 5.14. The summed E-state index contributed by atoms with van der Waals surface area (Å²) in [6.07, 6.45) is 3.13. The predicted octanol–water partition coefficient (Wildman–Crippen LogP) is -0.180. The molecule has 1 aliphatic rings. The number of rotatable bonds is 6. The first-order chi connectivity index (χ1) is 9.72. The number of aromatic nitrogens is 4. The largest absolute Gasteiger partial charge is 0.461 e. The molecular formula is C12H15N5O3. The summed E-state index contributed by atoms with van der Waals surface area (Å²) in [7, 11) is 0. The van der Waals surface area contributed by atoms with Crippen LogP contribution < -0.4 is 5.32 Å². The van der Waals surface area contributed by atoms with Crippen LogP contribution in [-0.2, 0) is 11.3 Å². The van der Waals surface area contributed by atoms with Crippen molar-refractivity contribution >= 4 is 5.91 Å². The van der Waals surface area contributed by atoms with Crippen LogP contribution in [0.5, 0.6) is 0 Å². The molecule has 0 radical (unpaired) electrons. The van der Waals surface area contributed by atoms with E-state index < -0.39 is 6.10 Å². The van der Waals surface area contributed by atoms with Crippen LogP contribution in [0.25, 0.3) is 11.6 Å². The van der Waals surface area contributed by atoms with Crippen LogP contribution in [0.4, 0.5) is 0 Å². The molecule has 8 nitrogen and oxygen atoms in total. The number of carbonyl (C=O) groups excluding carboxylic acids is 1. The first-order valence-electron chi connectivity index (χ1n) is 6.49. The maximum Gasteiger partial charge on any atom is 0.243 e. The maximum absolute atomic E-state index is 11.7. The van der Waals surface area contributed by atoms with Crippen LogP contribution in [0, 0.1) is 5.92 Å². The van der Waals surface area contributed by atoms with Gasteiger partial charge >= 0.3 is 0 Å². The Kier molecular flexibility index (Phi) is 3.46. The average molecular weight is 277 g/mol. The molecule has 1 unspecified atom stereocenters. The molecule has 1 atom stereocenters. The van der Waals surface area contributed by atoms with Crippen molar-refractivity contribution in [1.82, 2.24) is 25.5 Å². The van der Waals surface area contributed by atoms with Crippen LogP contribution in [-0.4, -0.2) is 43.9 Å². The normalized spacial score (nSPS) is 16.1. The Morgan fingerprint density at radius 3 is 3.15 bits per heavy atom. The van der Waals surface area contributed by atoms with E-state index in [-0.39, 0.29) is 19.0 Å². The van der Waals surface area contributed by atoms with Crippen LogP contribution in [0.15, 0.2) is 22.8 Å². The van der Waals surface area contributed by atoms with Crippen LogP contribution >= 0.6 is 0 Å². The van der Waals surface area contributed by atoms with E-state index >= 15 is 0 Å². The van der Waals surface area contributed by atoms with Gasteiger partial charge in [-0.05, 0) is 36.1 Å². The molecule has 1 fully saturated rings. The van der Waals surface area contributed by atoms with Gasteiger partial charge in [-0.15, -0.1) is 10.2 Å². The highest BCUT2D eigenvalue weighted by Crippen LogP contribution is 2.32. The number of aliphatic hydroxyl groups excluding tert-OH is 1. The fourth-order valence-electron chi connectivity index (χ4n) is 1.87. The number of furan rings is 1. The van der Waals surface area contributed by atoms with Gasteiger partial charge < -0.3 is 14.8 Å². The minimum absolute atomic E-state index is 0.0366. The first kappa shape index (κ1) is 12.8. The highest BCUT2D eigenvalue weighted by molar-refractivity contribution is 5.75. The van der Waals surface area contributed by atoms with E-state index in [9.17, 15) is 9.90 Å². The lowest BCUT2D eigenvalue weighted by atomic mass is 10.2. The quantitative estimate of drug-likeness (QED) is 0.758. The molecule has 0 aliphatic heterocycles. The van der Waals surface area contributed by atoms with Gasteiger partial charge in [-0.1, -0.05) is 0 Å². The van der Waals surface area contributed by atoms with E-state index in [4.69, 9.17) is 4.42 Å². The van der Waals surface area contributed by atoms with Crippen molar-refractivity contribution in [3.05, 3.63) is 18.4 Å². The lowest BCUT2D eigenvalue weighted by Gasteiger charge is -2.09. The molecule has 0 bridgehead atoms. The smallest absolute Gasteiger partial charge is 0.243 e. The van der Waals surface area contributed by atoms with Crippen molar-refractivity contribution < 1.29 is 14.3 Å². The molecule has 106 valence electrons. The molecule has 1 amide bonds. The number of aliphatic hydroxyl groups is 1. The number of hydrogen-bond donors (Lipinski definition) is 2. The van der Waals surface area contributed by atoms with Gasteiger partial charge in [-0.3, -0.25) is 4.79 Å². The van der Waals surface area contributed by atoms with Gasteiger partial charge in [-0.25, -0.2) is 0 Å². The Hall–Kier alpha value is -2.22. The van der Waals surface area contributed by atoms with Crippen molar-refractivity contribution in [2.45, 2.75) is 25.5 Å². The van der Waals surface area contributed by atoms with Gasteiger partial charge in [0.05, 0.1) is 12.4 Å². The van der Waals surface area contributed by atoms with Crippen molar-refractivity contribution in [2.24, 2.45) is 5.92 Å². The Labute approximate surface area is 114 Å². The van der Waals surface area contributed by atoms with Gasteiger partial charge in [0.15, 0.2) is 5.76 Å². The Bertz CT molecular complexity index is 576. The maximum atomic E-state index is 11.7. The summed E-state index contributed by atoms with van der Waals surface area (Å²) in [6.45, 7) is 0.230. The van der Waals surface area contributed by atoms with Gasteiger partial charge in [0.1, 0.15) is 6.54 Å². The van der Waals surface area contributed by atoms with Gasteiger partial charge in [0.2, 0.25) is 11.7 Å². The Morgan fingerprint density at radius 1 is 1.60 bits per heavy atom. The van der Waals surface area contributed by atoms with Gasteiger partial charge in [0, 0.05) is 6.54 Å². The van der Waals surface area contributed by atoms with Crippen LogP contribution in [0.2, 0.25) is 0 Å².